The molecule has 4 aromatic rings. The van der Waals surface area contributed by atoms with Crippen LogP contribution >= 0.6 is 0 Å². The smallest absolute Gasteiger partial charge is 0.416 e. The van der Waals surface area contributed by atoms with E-state index < -0.39 is 55.6 Å². The summed E-state index contributed by atoms with van der Waals surface area (Å²) in [6.45, 7) is 9.14. The first-order chi connectivity index (χ1) is 34.9. The molecule has 5 aliphatic heterocycles. The minimum Gasteiger partial charge on any atom is -0.461 e. The summed E-state index contributed by atoms with van der Waals surface area (Å²) in [4.78, 5) is 30.9. The zero-order valence-electron chi connectivity index (χ0n) is 41.6. The monoisotopic (exact) mass is 1040 g/mol. The van der Waals surface area contributed by atoms with E-state index in [2.05, 4.69) is 0 Å². The maximum Gasteiger partial charge on any atom is 0.416 e. The molecule has 0 aliphatic carbocycles. The van der Waals surface area contributed by atoms with Crippen LogP contribution in [0.5, 0.6) is 11.5 Å². The number of nitro groups is 2. The first kappa shape index (κ1) is 52.3. The van der Waals surface area contributed by atoms with Crippen molar-refractivity contribution in [2.75, 3.05) is 113 Å². The Kier molecular flexibility index (Phi) is 13.6. The van der Waals surface area contributed by atoms with E-state index in [0.29, 0.717) is 56.5 Å². The van der Waals surface area contributed by atoms with Gasteiger partial charge in [-0.05, 0) is 99.5 Å². The molecule has 16 nitrogen and oxygen atoms in total. The van der Waals surface area contributed by atoms with Crippen LogP contribution in [-0.2, 0) is 42.1 Å². The molecule has 1 fully saturated rings. The van der Waals surface area contributed by atoms with Crippen LogP contribution in [0.4, 0.5) is 60.5 Å². The quantitative estimate of drug-likeness (QED) is 0.108. The predicted octanol–water partition coefficient (Wildman–Crippen LogP) is 9.99. The van der Waals surface area contributed by atoms with Gasteiger partial charge in [0.1, 0.15) is 0 Å². The molecule has 2 unspecified atom stereocenters. The number of hydrogen-bond acceptors (Lipinski definition) is 14. The van der Waals surface area contributed by atoms with E-state index in [1.807, 2.05) is 9.80 Å². The van der Waals surface area contributed by atoms with Crippen LogP contribution in [0, 0.1) is 20.2 Å². The lowest BCUT2D eigenvalue weighted by molar-refractivity contribution is -0.385. The fraction of sp³-hybridized carbons (Fsp3) is 0.462. The Morgan fingerprint density at radius 1 is 0.500 bits per heavy atom. The maximum absolute atomic E-state index is 14.0. The minimum atomic E-state index is -4.57. The molecule has 2 spiro atoms. The Morgan fingerprint density at radius 3 is 1.15 bits per heavy atom. The van der Waals surface area contributed by atoms with Crippen LogP contribution in [0.1, 0.15) is 61.1 Å². The topological polar surface area (TPSA) is 155 Å². The summed E-state index contributed by atoms with van der Waals surface area (Å²) in [7, 11) is 3.47. The van der Waals surface area contributed by atoms with E-state index >= 15 is 0 Å². The third kappa shape index (κ3) is 9.01. The average molecular weight is 1040 g/mol. The highest BCUT2D eigenvalue weighted by Crippen LogP contribution is 2.58. The number of benzene rings is 4. The van der Waals surface area contributed by atoms with Crippen LogP contribution in [0.2, 0.25) is 0 Å². The SMILES string of the molecule is CN1c2ccc(C(F)(F)F)cc2C(C)(C)C12C=Cc1cc([N+](=O)[O-])cc(N3CCOCCOCCN(c4cc([N+](=O)[O-])cc5c4OC4(C=C5)N(C)c5ccc(C(F)(F)F)cc5C4(C)C)CCOCCOCC3)c1O2. The summed E-state index contributed by atoms with van der Waals surface area (Å²) >= 11 is 0. The van der Waals surface area contributed by atoms with Gasteiger partial charge in [0.25, 0.3) is 11.4 Å². The molecule has 0 saturated carbocycles. The number of nitrogens with zero attached hydrogens (tertiary/aromatic N) is 6. The summed E-state index contributed by atoms with van der Waals surface area (Å²) in [6.07, 6.45) is -2.27. The van der Waals surface area contributed by atoms with Crippen molar-refractivity contribution in [1.82, 2.24) is 0 Å². The summed E-state index contributed by atoms with van der Waals surface area (Å²) in [5.74, 6) is 0.593. The molecule has 0 aromatic heterocycles. The highest BCUT2D eigenvalue weighted by molar-refractivity contribution is 5.81. The lowest BCUT2D eigenvalue weighted by atomic mass is 9.76. The van der Waals surface area contributed by atoms with Crippen molar-refractivity contribution in [2.45, 2.75) is 62.3 Å². The fourth-order valence-electron chi connectivity index (χ4n) is 10.8. The second kappa shape index (κ2) is 19.3. The van der Waals surface area contributed by atoms with Crippen LogP contribution < -0.4 is 29.1 Å². The Bertz CT molecular complexity index is 2700. The highest BCUT2D eigenvalue weighted by atomic mass is 19.4. The number of fused-ring (bicyclic) bond motifs is 4. The first-order valence-electron chi connectivity index (χ1n) is 24.0. The van der Waals surface area contributed by atoms with E-state index in [-0.39, 0.29) is 90.4 Å². The molecule has 396 valence electrons. The molecule has 5 heterocycles. The zero-order valence-corrected chi connectivity index (χ0v) is 41.6. The second-order valence-corrected chi connectivity index (χ2v) is 19.8. The average Bonchev–Trinajstić information content (AvgIpc) is 3.61. The number of anilines is 4. The van der Waals surface area contributed by atoms with E-state index in [9.17, 15) is 46.6 Å². The molecule has 5 aliphatic rings. The van der Waals surface area contributed by atoms with E-state index in [1.54, 1.807) is 75.9 Å². The van der Waals surface area contributed by atoms with Gasteiger partial charge in [-0.2, -0.15) is 26.3 Å². The van der Waals surface area contributed by atoms with Gasteiger partial charge >= 0.3 is 12.4 Å². The molecule has 74 heavy (non-hydrogen) atoms. The van der Waals surface area contributed by atoms with Crippen molar-refractivity contribution in [3.8, 4) is 11.5 Å². The summed E-state index contributed by atoms with van der Waals surface area (Å²) < 4.78 is 122. The molecule has 4 aromatic carbocycles. The Morgan fingerprint density at radius 2 is 0.838 bits per heavy atom. The molecule has 9 rings (SSSR count). The van der Waals surface area contributed by atoms with Crippen molar-refractivity contribution >= 4 is 46.3 Å². The Hall–Kier alpha value is -6.62. The number of rotatable bonds is 4. The highest BCUT2D eigenvalue weighted by Gasteiger charge is 2.60. The summed E-state index contributed by atoms with van der Waals surface area (Å²) in [5, 5.41) is 24.6. The molecule has 2 atom stereocenters. The van der Waals surface area contributed by atoms with Gasteiger partial charge in [-0.25, -0.2) is 0 Å². The van der Waals surface area contributed by atoms with Crippen molar-refractivity contribution in [3.05, 3.63) is 126 Å². The Balaban J connectivity index is 0.925. The summed E-state index contributed by atoms with van der Waals surface area (Å²) in [5.41, 5.74) is -3.24. The number of nitro benzene ring substituents is 2. The maximum atomic E-state index is 14.0. The van der Waals surface area contributed by atoms with E-state index in [0.717, 1.165) is 24.3 Å². The molecule has 0 bridgehead atoms. The van der Waals surface area contributed by atoms with Gasteiger partial charge in [0.05, 0.1) is 96.0 Å². The number of hydrogen-bond donors (Lipinski definition) is 0. The number of non-ortho nitro benzene ring substituents is 2. The third-order valence-corrected chi connectivity index (χ3v) is 15.0. The number of halogens is 6. The molecule has 0 amide bonds. The zero-order chi connectivity index (χ0) is 53.2. The second-order valence-electron chi connectivity index (χ2n) is 19.8. The minimum absolute atomic E-state index is 0.132. The van der Waals surface area contributed by atoms with Gasteiger partial charge < -0.3 is 48.0 Å². The predicted molar refractivity (Wildman–Crippen MR) is 264 cm³/mol. The van der Waals surface area contributed by atoms with Crippen molar-refractivity contribution in [3.63, 3.8) is 0 Å². The van der Waals surface area contributed by atoms with Crippen molar-refractivity contribution in [1.29, 1.82) is 0 Å². The molecule has 0 N–H and O–H groups in total. The van der Waals surface area contributed by atoms with Gasteiger partial charge in [-0.3, -0.25) is 20.2 Å². The standard InChI is InChI=1S/C52H56F6N6O10/c1-47(2)39-29-35(51(53,54)55)7-9-41(39)59(5)49(47)13-11-33-27-37(63(65)66)31-43(45(33)73-49)61-15-19-69-23-25-71-21-17-62(18-22-72-26-24-70-20-16-61)44-32-38(64(67)68)28-34-12-14-50(74-46(34)44)48(3,4)40-30-36(52(56,57)58)8-10-42(40)60(50)6/h7-14,27-32H,15-26H2,1-6H3. The Labute approximate surface area is 422 Å². The molecular weight excluding hydrogens is 983 g/mol. The largest absolute Gasteiger partial charge is 0.461 e. The number of ether oxygens (including phenoxy) is 6. The third-order valence-electron chi connectivity index (χ3n) is 15.0. The van der Waals surface area contributed by atoms with Crippen LogP contribution in [-0.4, -0.2) is 114 Å². The lowest BCUT2D eigenvalue weighted by Gasteiger charge is -2.46. The lowest BCUT2D eigenvalue weighted by Crippen LogP contribution is -2.58. The van der Waals surface area contributed by atoms with Crippen molar-refractivity contribution in [2.24, 2.45) is 0 Å². The van der Waals surface area contributed by atoms with E-state index in [4.69, 9.17) is 28.4 Å². The van der Waals surface area contributed by atoms with Gasteiger partial charge in [-0.15, -0.1) is 0 Å². The first-order valence-corrected chi connectivity index (χ1v) is 24.0. The number of likely N-dealkylation sites (N-methyl/N-ethyl adjacent to an activating group) is 2. The van der Waals surface area contributed by atoms with Crippen LogP contribution in [0.25, 0.3) is 12.2 Å². The van der Waals surface area contributed by atoms with Crippen LogP contribution in [0.3, 0.4) is 0 Å². The normalized spacial score (nSPS) is 23.1. The van der Waals surface area contributed by atoms with Crippen LogP contribution in [0.15, 0.2) is 72.8 Å². The molecule has 0 radical (unpaired) electrons. The summed E-state index contributed by atoms with van der Waals surface area (Å²) in [6, 6.07) is 12.8. The molecule has 22 heteroatoms. The molecule has 1 saturated heterocycles. The van der Waals surface area contributed by atoms with Gasteiger partial charge in [-0.1, -0.05) is 0 Å². The van der Waals surface area contributed by atoms with Gasteiger partial charge in [0.2, 0.25) is 11.4 Å². The number of alkyl halides is 6. The molecular formula is C52H56F6N6O10. The fourth-order valence-corrected chi connectivity index (χ4v) is 10.8. The van der Waals surface area contributed by atoms with Gasteiger partial charge in [0.15, 0.2) is 11.5 Å². The van der Waals surface area contributed by atoms with E-state index in [1.165, 1.54) is 36.4 Å². The van der Waals surface area contributed by atoms with Gasteiger partial charge in [0, 0.05) is 87.0 Å². The van der Waals surface area contributed by atoms with Crippen molar-refractivity contribution < 1.29 is 64.6 Å².